The van der Waals surface area contributed by atoms with Crippen molar-refractivity contribution in [2.45, 2.75) is 23.3 Å². The molecule has 2 aromatic rings. The summed E-state index contributed by atoms with van der Waals surface area (Å²) in [5, 5.41) is 18.6. The fourth-order valence-corrected chi connectivity index (χ4v) is 3.97. The zero-order valence-corrected chi connectivity index (χ0v) is 11.8. The number of hydrogen-bond donors (Lipinski definition) is 2. The summed E-state index contributed by atoms with van der Waals surface area (Å²) in [5.41, 5.74) is 0.164. The summed E-state index contributed by atoms with van der Waals surface area (Å²) in [6.07, 6.45) is 0. The average Bonchev–Trinajstić information content (AvgIpc) is 2.66. The first kappa shape index (κ1) is 13.6. The van der Waals surface area contributed by atoms with Crippen molar-refractivity contribution in [1.29, 1.82) is 5.26 Å². The second-order valence-electron chi connectivity index (χ2n) is 3.97. The highest BCUT2D eigenvalue weighted by Gasteiger charge is 2.19. The third kappa shape index (κ3) is 2.50. The molecule has 19 heavy (non-hydrogen) atoms. The highest BCUT2D eigenvalue weighted by Crippen LogP contribution is 2.41. The minimum atomic E-state index is -0.463. The number of carbonyl (C=O) groups is 1. The van der Waals surface area contributed by atoms with Crippen molar-refractivity contribution in [3.05, 3.63) is 22.0 Å². The zero-order valence-electron chi connectivity index (χ0n) is 10.2. The molecule has 7 heteroatoms. The Kier molecular flexibility index (Phi) is 3.64. The van der Waals surface area contributed by atoms with Crippen LogP contribution in [-0.4, -0.2) is 21.1 Å². The maximum absolute atomic E-state index is 11.3. The standard InChI is InChI=1S/C12H10N2O3S2/c1-5(15)6(2)18-12-7(4-13)10-11(19-12)8(16)3-9(17)14-10/h3,6H,1-2H3,(H2,14,16,17)/t6-/m1/s1. The van der Waals surface area contributed by atoms with Crippen molar-refractivity contribution in [3.63, 3.8) is 0 Å². The van der Waals surface area contributed by atoms with Crippen LogP contribution in [0.25, 0.3) is 10.2 Å². The van der Waals surface area contributed by atoms with Crippen LogP contribution in [0.3, 0.4) is 0 Å². The van der Waals surface area contributed by atoms with E-state index in [2.05, 4.69) is 4.98 Å². The molecule has 0 fully saturated rings. The van der Waals surface area contributed by atoms with Crippen LogP contribution in [0.5, 0.6) is 5.75 Å². The Bertz CT molecular complexity index is 755. The van der Waals surface area contributed by atoms with Gasteiger partial charge in [0.25, 0.3) is 5.56 Å². The first-order chi connectivity index (χ1) is 8.93. The van der Waals surface area contributed by atoms with Crippen molar-refractivity contribution in [2.75, 3.05) is 0 Å². The molecule has 0 bridgehead atoms. The van der Waals surface area contributed by atoms with Crippen molar-refractivity contribution in [1.82, 2.24) is 4.98 Å². The number of fused-ring (bicyclic) bond motifs is 1. The van der Waals surface area contributed by atoms with Crippen molar-refractivity contribution >= 4 is 39.1 Å². The molecule has 0 aliphatic carbocycles. The summed E-state index contributed by atoms with van der Waals surface area (Å²) in [4.78, 5) is 25.2. The predicted octanol–water partition coefficient (Wildman–Crippen LogP) is 2.24. The molecule has 0 aliphatic rings. The molecule has 0 aliphatic heterocycles. The molecule has 1 atom stereocenters. The fraction of sp³-hybridized carbons (Fsp3) is 0.250. The van der Waals surface area contributed by atoms with Crippen molar-refractivity contribution < 1.29 is 9.90 Å². The summed E-state index contributed by atoms with van der Waals surface area (Å²) in [6.45, 7) is 3.23. The lowest BCUT2D eigenvalue weighted by atomic mass is 10.3. The number of aromatic nitrogens is 1. The van der Waals surface area contributed by atoms with Gasteiger partial charge in [-0.15, -0.1) is 23.1 Å². The molecule has 0 unspecified atom stereocenters. The number of H-pyrrole nitrogens is 1. The summed E-state index contributed by atoms with van der Waals surface area (Å²) in [6, 6.07) is 3.09. The number of nitriles is 1. The minimum absolute atomic E-state index is 0.00376. The van der Waals surface area contributed by atoms with Gasteiger partial charge in [-0.1, -0.05) is 0 Å². The summed E-state index contributed by atoms with van der Waals surface area (Å²) in [7, 11) is 0. The number of carbonyl (C=O) groups excluding carboxylic acids is 1. The van der Waals surface area contributed by atoms with E-state index < -0.39 is 5.56 Å². The topological polar surface area (TPSA) is 93.9 Å². The molecule has 0 aromatic carbocycles. The number of aromatic hydroxyl groups is 1. The second-order valence-corrected chi connectivity index (χ2v) is 6.60. The Morgan fingerprint density at radius 3 is 2.89 bits per heavy atom. The number of pyridine rings is 1. The van der Waals surface area contributed by atoms with Crippen LogP contribution in [0.1, 0.15) is 19.4 Å². The van der Waals surface area contributed by atoms with Gasteiger partial charge in [0.1, 0.15) is 23.2 Å². The lowest BCUT2D eigenvalue weighted by Gasteiger charge is -2.04. The number of thiophene rings is 1. The van der Waals surface area contributed by atoms with E-state index in [4.69, 9.17) is 0 Å². The number of Topliss-reactive ketones (excluding diaryl/α,β-unsaturated/α-hetero) is 1. The van der Waals surface area contributed by atoms with Crippen LogP contribution >= 0.6 is 23.1 Å². The SMILES string of the molecule is CC(=O)[C@@H](C)Sc1sc2c(O)cc(=O)[nH]c2c1C#N. The molecular formula is C12H10N2O3S2. The molecule has 0 amide bonds. The van der Waals surface area contributed by atoms with E-state index in [1.807, 2.05) is 6.07 Å². The van der Waals surface area contributed by atoms with E-state index in [0.717, 1.165) is 6.07 Å². The largest absolute Gasteiger partial charge is 0.506 e. The Morgan fingerprint density at radius 1 is 1.63 bits per heavy atom. The van der Waals surface area contributed by atoms with E-state index in [9.17, 15) is 20.0 Å². The van der Waals surface area contributed by atoms with Gasteiger partial charge < -0.3 is 10.1 Å². The lowest BCUT2D eigenvalue weighted by Crippen LogP contribution is -2.07. The second kappa shape index (κ2) is 5.07. The molecule has 5 nitrogen and oxygen atoms in total. The number of nitrogens with one attached hydrogen (secondary N) is 1. The first-order valence-electron chi connectivity index (χ1n) is 5.40. The smallest absolute Gasteiger partial charge is 0.252 e. The van der Waals surface area contributed by atoms with E-state index in [0.29, 0.717) is 20.0 Å². The molecule has 0 saturated heterocycles. The highest BCUT2D eigenvalue weighted by molar-refractivity contribution is 8.02. The Morgan fingerprint density at radius 2 is 2.32 bits per heavy atom. The summed E-state index contributed by atoms with van der Waals surface area (Å²) in [5.74, 6) is -0.147. The number of nitrogens with zero attached hydrogens (tertiary/aromatic N) is 1. The van der Waals surface area contributed by atoms with Crippen LogP contribution < -0.4 is 5.56 Å². The van der Waals surface area contributed by atoms with E-state index in [-0.39, 0.29) is 16.8 Å². The molecule has 0 saturated carbocycles. The van der Waals surface area contributed by atoms with Gasteiger partial charge in [0.15, 0.2) is 0 Å². The highest BCUT2D eigenvalue weighted by atomic mass is 32.2. The monoisotopic (exact) mass is 294 g/mol. The third-order valence-corrected chi connectivity index (χ3v) is 5.24. The Balaban J connectivity index is 2.63. The Labute approximate surface area is 116 Å². The average molecular weight is 294 g/mol. The molecule has 2 rings (SSSR count). The Hall–Kier alpha value is -1.78. The molecule has 98 valence electrons. The summed E-state index contributed by atoms with van der Waals surface area (Å²) < 4.78 is 1.08. The molecule has 2 N–H and O–H groups in total. The predicted molar refractivity (Wildman–Crippen MR) is 74.8 cm³/mol. The van der Waals surface area contributed by atoms with E-state index in [1.54, 1.807) is 6.92 Å². The summed E-state index contributed by atoms with van der Waals surface area (Å²) >= 11 is 2.45. The maximum Gasteiger partial charge on any atom is 0.252 e. The van der Waals surface area contributed by atoms with Gasteiger partial charge in [-0.25, -0.2) is 0 Å². The molecule has 0 spiro atoms. The van der Waals surface area contributed by atoms with Crippen LogP contribution in [0.4, 0.5) is 0 Å². The number of aromatic amines is 1. The molecular weight excluding hydrogens is 284 g/mol. The maximum atomic E-state index is 11.3. The number of rotatable bonds is 3. The van der Waals surface area contributed by atoms with Gasteiger partial charge in [0.05, 0.1) is 19.7 Å². The van der Waals surface area contributed by atoms with Gasteiger partial charge in [-0.2, -0.15) is 5.26 Å². The van der Waals surface area contributed by atoms with Crippen molar-refractivity contribution in [2.24, 2.45) is 0 Å². The third-order valence-electron chi connectivity index (χ3n) is 2.59. The van der Waals surface area contributed by atoms with Gasteiger partial charge in [0.2, 0.25) is 0 Å². The van der Waals surface area contributed by atoms with Crippen LogP contribution in [-0.2, 0) is 4.79 Å². The van der Waals surface area contributed by atoms with Gasteiger partial charge >= 0.3 is 0 Å². The molecule has 2 aromatic heterocycles. The van der Waals surface area contributed by atoms with Crippen LogP contribution in [0.15, 0.2) is 15.1 Å². The van der Waals surface area contributed by atoms with E-state index in [1.165, 1.54) is 30.0 Å². The van der Waals surface area contributed by atoms with Crippen LogP contribution in [0.2, 0.25) is 0 Å². The minimum Gasteiger partial charge on any atom is -0.506 e. The number of hydrogen-bond acceptors (Lipinski definition) is 6. The normalized spacial score (nSPS) is 12.3. The van der Waals surface area contributed by atoms with Crippen molar-refractivity contribution in [3.8, 4) is 11.8 Å². The van der Waals surface area contributed by atoms with Gasteiger partial charge in [-0.3, -0.25) is 9.59 Å². The molecule has 0 radical (unpaired) electrons. The van der Waals surface area contributed by atoms with Crippen LogP contribution in [0, 0.1) is 11.3 Å². The van der Waals surface area contributed by atoms with E-state index >= 15 is 0 Å². The lowest BCUT2D eigenvalue weighted by molar-refractivity contribution is -0.116. The quantitative estimate of drug-likeness (QED) is 0.847. The van der Waals surface area contributed by atoms with Gasteiger partial charge in [-0.05, 0) is 13.8 Å². The zero-order chi connectivity index (χ0) is 14.2. The first-order valence-corrected chi connectivity index (χ1v) is 7.09. The number of thioether (sulfide) groups is 1. The fourth-order valence-electron chi connectivity index (χ4n) is 1.49. The number of ketones is 1. The molecule has 2 heterocycles. The van der Waals surface area contributed by atoms with Gasteiger partial charge in [0, 0.05) is 6.07 Å².